The van der Waals surface area contributed by atoms with E-state index in [1.165, 1.54) is 36.0 Å². The Bertz CT molecular complexity index is 891. The number of nitrogens with zero attached hydrogens (tertiary/aromatic N) is 4. The smallest absolute Gasteiger partial charge is 0.225 e. The lowest BCUT2D eigenvalue weighted by atomic mass is 9.95. The molecule has 2 aromatic rings. The average molecular weight is 422 g/mol. The molecule has 166 valence electrons. The van der Waals surface area contributed by atoms with E-state index in [2.05, 4.69) is 76.4 Å². The minimum absolute atomic E-state index is 0.00657. The van der Waals surface area contributed by atoms with E-state index < -0.39 is 0 Å². The predicted molar refractivity (Wildman–Crippen MR) is 126 cm³/mol. The van der Waals surface area contributed by atoms with E-state index in [-0.39, 0.29) is 17.9 Å². The average Bonchev–Trinajstić information content (AvgIpc) is 2.80. The molecule has 2 atom stereocenters. The fourth-order valence-electron chi connectivity index (χ4n) is 4.90. The van der Waals surface area contributed by atoms with E-state index in [1.54, 1.807) is 0 Å². The summed E-state index contributed by atoms with van der Waals surface area (Å²) in [7, 11) is 0. The highest BCUT2D eigenvalue weighted by Gasteiger charge is 2.28. The molecule has 0 saturated carbocycles. The zero-order chi connectivity index (χ0) is 21.8. The van der Waals surface area contributed by atoms with Crippen LogP contribution >= 0.6 is 0 Å². The Morgan fingerprint density at radius 3 is 2.32 bits per heavy atom. The second-order valence-corrected chi connectivity index (χ2v) is 9.17. The number of aromatic nitrogens is 2. The first kappa shape index (κ1) is 21.6. The lowest BCUT2D eigenvalue weighted by molar-refractivity contribution is -0.125. The molecular weight excluding hydrogens is 386 g/mol. The first-order valence-corrected chi connectivity index (χ1v) is 11.7. The summed E-state index contributed by atoms with van der Waals surface area (Å²) in [5.41, 5.74) is 3.66. The highest BCUT2D eigenvalue weighted by atomic mass is 16.2. The van der Waals surface area contributed by atoms with Crippen molar-refractivity contribution >= 4 is 17.5 Å². The van der Waals surface area contributed by atoms with E-state index in [1.807, 2.05) is 0 Å². The third-order valence-electron chi connectivity index (χ3n) is 6.68. The number of carbonyl (C=O) groups is 1. The third kappa shape index (κ3) is 5.17. The van der Waals surface area contributed by atoms with Crippen LogP contribution in [0.4, 0.5) is 11.6 Å². The van der Waals surface area contributed by atoms with Crippen LogP contribution in [0.15, 0.2) is 30.3 Å². The maximum Gasteiger partial charge on any atom is 0.225 e. The van der Waals surface area contributed by atoms with Crippen LogP contribution in [0.25, 0.3) is 0 Å². The van der Waals surface area contributed by atoms with Crippen molar-refractivity contribution in [3.63, 3.8) is 0 Å². The van der Waals surface area contributed by atoms with Crippen LogP contribution in [-0.4, -0.2) is 42.3 Å². The van der Waals surface area contributed by atoms with Crippen LogP contribution < -0.4 is 15.1 Å². The molecule has 31 heavy (non-hydrogen) atoms. The van der Waals surface area contributed by atoms with Gasteiger partial charge in [0.1, 0.15) is 0 Å². The maximum atomic E-state index is 13.0. The molecule has 2 aliphatic rings. The van der Waals surface area contributed by atoms with Crippen LogP contribution in [-0.2, 0) is 4.79 Å². The van der Waals surface area contributed by atoms with Gasteiger partial charge in [0.05, 0.1) is 12.0 Å². The minimum atomic E-state index is -0.0227. The molecule has 1 aromatic carbocycles. The highest BCUT2D eigenvalue weighted by molar-refractivity contribution is 5.80. The molecule has 2 fully saturated rings. The number of rotatable bonds is 5. The summed E-state index contributed by atoms with van der Waals surface area (Å²) in [5, 5.41) is 12.2. The van der Waals surface area contributed by atoms with E-state index in [0.717, 1.165) is 44.1 Å². The third-order valence-corrected chi connectivity index (χ3v) is 6.68. The van der Waals surface area contributed by atoms with Gasteiger partial charge in [-0.3, -0.25) is 4.79 Å². The summed E-state index contributed by atoms with van der Waals surface area (Å²) in [5.74, 6) is 1.96. The standard InChI is InChI=1S/C25H35N5O/c1-18-9-10-22(19(2)16-18)20(3)26-25(31)21-8-7-15-30(17-21)24-12-11-23(27-28-24)29-13-5-4-6-14-29/h9-12,16,20-21H,4-8,13-15,17H2,1-3H3,(H,26,31)/t20-,21-/m0/s1. The number of amides is 1. The summed E-state index contributed by atoms with van der Waals surface area (Å²) in [6, 6.07) is 10.6. The molecule has 1 N–H and O–H groups in total. The molecule has 1 amide bonds. The molecule has 3 heterocycles. The Labute approximate surface area is 186 Å². The quantitative estimate of drug-likeness (QED) is 0.785. The van der Waals surface area contributed by atoms with Crippen LogP contribution in [0.1, 0.15) is 61.8 Å². The lowest BCUT2D eigenvalue weighted by Crippen LogP contribution is -2.44. The van der Waals surface area contributed by atoms with Crippen LogP contribution in [0, 0.1) is 19.8 Å². The van der Waals surface area contributed by atoms with Gasteiger partial charge in [-0.2, -0.15) is 0 Å². The van der Waals surface area contributed by atoms with Crippen LogP contribution in [0.2, 0.25) is 0 Å². The number of hydrogen-bond acceptors (Lipinski definition) is 5. The van der Waals surface area contributed by atoms with Crippen molar-refractivity contribution < 1.29 is 4.79 Å². The van der Waals surface area contributed by atoms with Crippen molar-refractivity contribution in [1.82, 2.24) is 15.5 Å². The van der Waals surface area contributed by atoms with Gasteiger partial charge >= 0.3 is 0 Å². The number of hydrogen-bond donors (Lipinski definition) is 1. The first-order valence-electron chi connectivity index (χ1n) is 11.7. The Kier molecular flexibility index (Phi) is 6.73. The van der Waals surface area contributed by atoms with Crippen LogP contribution in [0.3, 0.4) is 0 Å². The fraction of sp³-hybridized carbons (Fsp3) is 0.560. The number of anilines is 2. The van der Waals surface area contributed by atoms with Gasteiger partial charge in [-0.1, -0.05) is 23.8 Å². The molecule has 0 bridgehead atoms. The second-order valence-electron chi connectivity index (χ2n) is 9.17. The van der Waals surface area contributed by atoms with Gasteiger partial charge in [-0.25, -0.2) is 0 Å². The first-order chi connectivity index (χ1) is 15.0. The van der Waals surface area contributed by atoms with Crippen LogP contribution in [0.5, 0.6) is 0 Å². The summed E-state index contributed by atoms with van der Waals surface area (Å²) >= 11 is 0. The van der Waals surface area contributed by atoms with Crippen molar-refractivity contribution in [3.8, 4) is 0 Å². The van der Waals surface area contributed by atoms with Crippen molar-refractivity contribution in [2.24, 2.45) is 5.92 Å². The summed E-state index contributed by atoms with van der Waals surface area (Å²) in [4.78, 5) is 17.5. The molecule has 2 saturated heterocycles. The molecule has 0 radical (unpaired) electrons. The summed E-state index contributed by atoms with van der Waals surface area (Å²) in [6.45, 7) is 10.0. The zero-order valence-corrected chi connectivity index (χ0v) is 19.1. The number of nitrogens with one attached hydrogen (secondary N) is 1. The number of carbonyl (C=O) groups excluding carboxylic acids is 1. The van der Waals surface area contributed by atoms with Crippen molar-refractivity contribution in [3.05, 3.63) is 47.0 Å². The number of piperidine rings is 2. The van der Waals surface area contributed by atoms with Gasteiger partial charge in [0, 0.05) is 26.2 Å². The molecule has 2 aliphatic heterocycles. The Hall–Kier alpha value is -2.63. The molecule has 6 nitrogen and oxygen atoms in total. The van der Waals surface area contributed by atoms with E-state index in [4.69, 9.17) is 0 Å². The van der Waals surface area contributed by atoms with Crippen molar-refractivity contribution in [2.45, 2.75) is 58.9 Å². The monoisotopic (exact) mass is 421 g/mol. The summed E-state index contributed by atoms with van der Waals surface area (Å²) < 4.78 is 0. The second kappa shape index (κ2) is 9.67. The van der Waals surface area contributed by atoms with Gasteiger partial charge in [-0.05, 0) is 76.1 Å². The van der Waals surface area contributed by atoms with Gasteiger partial charge in [0.2, 0.25) is 5.91 Å². The van der Waals surface area contributed by atoms with E-state index >= 15 is 0 Å². The van der Waals surface area contributed by atoms with Gasteiger partial charge in [0.25, 0.3) is 0 Å². The van der Waals surface area contributed by atoms with Gasteiger partial charge < -0.3 is 15.1 Å². The van der Waals surface area contributed by atoms with Crippen molar-refractivity contribution in [1.29, 1.82) is 0 Å². The molecule has 0 aliphatic carbocycles. The topological polar surface area (TPSA) is 61.4 Å². The fourth-order valence-corrected chi connectivity index (χ4v) is 4.90. The van der Waals surface area contributed by atoms with Gasteiger partial charge in [-0.15, -0.1) is 10.2 Å². The zero-order valence-electron chi connectivity index (χ0n) is 19.1. The van der Waals surface area contributed by atoms with E-state index in [0.29, 0.717) is 6.54 Å². The number of aryl methyl sites for hydroxylation is 2. The molecular formula is C25H35N5O. The Balaban J connectivity index is 1.37. The maximum absolute atomic E-state index is 13.0. The molecule has 1 aromatic heterocycles. The van der Waals surface area contributed by atoms with E-state index in [9.17, 15) is 4.79 Å². The molecule has 6 heteroatoms. The predicted octanol–water partition coefficient (Wildman–Crippen LogP) is 4.18. The minimum Gasteiger partial charge on any atom is -0.355 e. The van der Waals surface area contributed by atoms with Crippen molar-refractivity contribution in [2.75, 3.05) is 36.0 Å². The normalized spacial score (nSPS) is 20.4. The van der Waals surface area contributed by atoms with Gasteiger partial charge in [0.15, 0.2) is 11.6 Å². The lowest BCUT2D eigenvalue weighted by Gasteiger charge is -2.33. The largest absolute Gasteiger partial charge is 0.355 e. The summed E-state index contributed by atoms with van der Waals surface area (Å²) in [6.07, 6.45) is 5.67. The SMILES string of the molecule is Cc1ccc([C@H](C)NC(=O)[C@H]2CCCN(c3ccc(N4CCCCC4)nn3)C2)c(C)c1. The molecule has 0 spiro atoms. The highest BCUT2D eigenvalue weighted by Crippen LogP contribution is 2.25. The Morgan fingerprint density at radius 1 is 0.968 bits per heavy atom. The number of benzene rings is 1. The molecule has 0 unspecified atom stereocenters. The Morgan fingerprint density at radius 2 is 1.65 bits per heavy atom. The molecule has 4 rings (SSSR count).